The fourth-order valence-electron chi connectivity index (χ4n) is 1.58. The molecule has 0 saturated heterocycles. The molecule has 1 aromatic carbocycles. The first kappa shape index (κ1) is 11.1. The van der Waals surface area contributed by atoms with Crippen LogP contribution in [-0.4, -0.2) is 17.1 Å². The zero-order valence-corrected chi connectivity index (χ0v) is 8.61. The van der Waals surface area contributed by atoms with Crippen LogP contribution in [0.1, 0.15) is 11.6 Å². The van der Waals surface area contributed by atoms with Crippen molar-refractivity contribution in [2.45, 2.75) is 6.04 Å². The molecule has 0 radical (unpaired) electrons. The van der Waals surface area contributed by atoms with Crippen molar-refractivity contribution in [1.82, 2.24) is 10.6 Å². The molecule has 2 amide bonds. The highest BCUT2D eigenvalue weighted by Gasteiger charge is 2.27. The Morgan fingerprint density at radius 2 is 1.94 bits per heavy atom. The molecule has 17 heavy (non-hydrogen) atoms. The van der Waals surface area contributed by atoms with Crippen molar-refractivity contribution < 1.29 is 19.1 Å². The lowest BCUT2D eigenvalue weighted by Gasteiger charge is -2.23. The van der Waals surface area contributed by atoms with Crippen LogP contribution in [0.4, 0.5) is 9.18 Å². The number of urea groups is 1. The van der Waals surface area contributed by atoms with Crippen molar-refractivity contribution in [1.29, 1.82) is 0 Å². The summed E-state index contributed by atoms with van der Waals surface area (Å²) in [6.07, 6.45) is 1.13. The van der Waals surface area contributed by atoms with E-state index in [1.165, 1.54) is 24.3 Å². The quantitative estimate of drug-likeness (QED) is 0.720. The van der Waals surface area contributed by atoms with Crippen LogP contribution in [0.25, 0.3) is 0 Å². The summed E-state index contributed by atoms with van der Waals surface area (Å²) < 4.78 is 12.8. The third-order valence-corrected chi connectivity index (χ3v) is 2.40. The molecule has 0 aromatic heterocycles. The number of nitrogens with one attached hydrogen (secondary N) is 2. The Morgan fingerprint density at radius 3 is 2.53 bits per heavy atom. The minimum Gasteiger partial charge on any atom is -0.478 e. The Labute approximate surface area is 95.9 Å². The number of aliphatic carboxylic acids is 1. The first-order valence-electron chi connectivity index (χ1n) is 4.84. The van der Waals surface area contributed by atoms with Gasteiger partial charge < -0.3 is 15.7 Å². The van der Waals surface area contributed by atoms with Gasteiger partial charge in [0.25, 0.3) is 0 Å². The van der Waals surface area contributed by atoms with Gasteiger partial charge in [0.05, 0.1) is 11.6 Å². The van der Waals surface area contributed by atoms with E-state index in [1.54, 1.807) is 0 Å². The smallest absolute Gasteiger partial charge is 0.335 e. The Bertz CT molecular complexity index is 496. The highest BCUT2D eigenvalue weighted by atomic mass is 19.1. The molecule has 1 atom stereocenters. The fraction of sp³-hybridized carbons (Fsp3) is 0.0909. The van der Waals surface area contributed by atoms with E-state index in [9.17, 15) is 14.0 Å². The van der Waals surface area contributed by atoms with Crippen molar-refractivity contribution in [2.24, 2.45) is 0 Å². The fourth-order valence-corrected chi connectivity index (χ4v) is 1.58. The summed E-state index contributed by atoms with van der Waals surface area (Å²) in [4.78, 5) is 22.1. The highest BCUT2D eigenvalue weighted by Crippen LogP contribution is 2.23. The van der Waals surface area contributed by atoms with Crippen molar-refractivity contribution >= 4 is 12.0 Å². The largest absolute Gasteiger partial charge is 0.478 e. The van der Waals surface area contributed by atoms with Gasteiger partial charge in [-0.3, -0.25) is 0 Å². The van der Waals surface area contributed by atoms with Crippen molar-refractivity contribution in [3.05, 3.63) is 47.4 Å². The summed E-state index contributed by atoms with van der Waals surface area (Å²) in [7, 11) is 0. The average Bonchev–Trinajstić information content (AvgIpc) is 2.29. The van der Waals surface area contributed by atoms with Gasteiger partial charge in [-0.05, 0) is 17.7 Å². The minimum absolute atomic E-state index is 0.00351. The molecule has 88 valence electrons. The predicted octanol–water partition coefficient (Wildman–Crippen LogP) is 1.15. The normalized spacial score (nSPS) is 19.0. The summed E-state index contributed by atoms with van der Waals surface area (Å²) in [5, 5.41) is 13.7. The first-order valence-corrected chi connectivity index (χ1v) is 4.84. The zero-order valence-electron chi connectivity index (χ0n) is 8.61. The SMILES string of the molecule is O=C1NC=C(C(=O)O)C(c2ccc(F)cc2)N1. The summed E-state index contributed by atoms with van der Waals surface area (Å²) in [5.74, 6) is -1.57. The maximum absolute atomic E-state index is 12.8. The van der Waals surface area contributed by atoms with Crippen molar-refractivity contribution in [3.8, 4) is 0 Å². The summed E-state index contributed by atoms with van der Waals surface area (Å²) in [6, 6.07) is 4.02. The van der Waals surface area contributed by atoms with E-state index in [1.807, 2.05) is 0 Å². The van der Waals surface area contributed by atoms with E-state index >= 15 is 0 Å². The molecule has 0 bridgehead atoms. The number of hydrogen-bond acceptors (Lipinski definition) is 2. The lowest BCUT2D eigenvalue weighted by Crippen LogP contribution is -2.42. The van der Waals surface area contributed by atoms with Crippen LogP contribution >= 0.6 is 0 Å². The third kappa shape index (κ3) is 2.25. The zero-order chi connectivity index (χ0) is 12.4. The van der Waals surface area contributed by atoms with E-state index in [4.69, 9.17) is 5.11 Å². The van der Waals surface area contributed by atoms with Gasteiger partial charge in [0.1, 0.15) is 5.82 Å². The molecule has 5 nitrogen and oxygen atoms in total. The van der Waals surface area contributed by atoms with Crippen molar-refractivity contribution in [3.63, 3.8) is 0 Å². The number of carboxylic acids is 1. The molecule has 0 aliphatic carbocycles. The van der Waals surface area contributed by atoms with Crippen LogP contribution in [0.5, 0.6) is 0 Å². The summed E-state index contributed by atoms with van der Waals surface area (Å²) >= 11 is 0. The topological polar surface area (TPSA) is 78.4 Å². The van der Waals surface area contributed by atoms with Gasteiger partial charge in [0.2, 0.25) is 0 Å². The van der Waals surface area contributed by atoms with E-state index in [-0.39, 0.29) is 5.57 Å². The highest BCUT2D eigenvalue weighted by molar-refractivity contribution is 5.92. The van der Waals surface area contributed by atoms with Crippen LogP contribution in [0.3, 0.4) is 0 Å². The number of rotatable bonds is 2. The van der Waals surface area contributed by atoms with Gasteiger partial charge in [0.15, 0.2) is 0 Å². The third-order valence-electron chi connectivity index (χ3n) is 2.40. The monoisotopic (exact) mass is 236 g/mol. The second-order valence-corrected chi connectivity index (χ2v) is 3.51. The van der Waals surface area contributed by atoms with Gasteiger partial charge in [-0.1, -0.05) is 12.1 Å². The van der Waals surface area contributed by atoms with Gasteiger partial charge >= 0.3 is 12.0 Å². The molecule has 1 aliphatic heterocycles. The molecule has 3 N–H and O–H groups in total. The number of hydrogen-bond donors (Lipinski definition) is 3. The average molecular weight is 236 g/mol. The Morgan fingerprint density at radius 1 is 1.29 bits per heavy atom. The summed E-state index contributed by atoms with van der Waals surface area (Å²) in [6.45, 7) is 0. The van der Waals surface area contributed by atoms with Crippen LogP contribution in [-0.2, 0) is 4.79 Å². The van der Waals surface area contributed by atoms with E-state index < -0.39 is 23.9 Å². The molecule has 1 unspecified atom stereocenters. The molecular formula is C11H9FN2O3. The number of amides is 2. The van der Waals surface area contributed by atoms with Crippen LogP contribution in [0.2, 0.25) is 0 Å². The molecule has 0 saturated carbocycles. The summed E-state index contributed by atoms with van der Waals surface area (Å²) in [5.41, 5.74) is 0.506. The molecule has 0 spiro atoms. The lowest BCUT2D eigenvalue weighted by molar-refractivity contribution is -0.133. The molecule has 1 aliphatic rings. The lowest BCUT2D eigenvalue weighted by atomic mass is 9.98. The molecule has 6 heteroatoms. The van der Waals surface area contributed by atoms with Gasteiger partial charge in [-0.15, -0.1) is 0 Å². The number of benzene rings is 1. The van der Waals surface area contributed by atoms with Crippen LogP contribution in [0.15, 0.2) is 36.0 Å². The Kier molecular flexibility index (Phi) is 2.78. The standard InChI is InChI=1S/C11H9FN2O3/c12-7-3-1-6(2-4-7)9-8(10(15)16)5-13-11(17)14-9/h1-5,9H,(H,15,16)(H2,13,14,17). The van der Waals surface area contributed by atoms with Crippen LogP contribution in [0, 0.1) is 5.82 Å². The van der Waals surface area contributed by atoms with Crippen LogP contribution < -0.4 is 10.6 Å². The molecule has 1 aromatic rings. The van der Waals surface area contributed by atoms with Crippen molar-refractivity contribution in [2.75, 3.05) is 0 Å². The van der Waals surface area contributed by atoms with Gasteiger partial charge in [0, 0.05) is 6.20 Å². The van der Waals surface area contributed by atoms with E-state index in [0.29, 0.717) is 5.56 Å². The minimum atomic E-state index is -1.15. The first-order chi connectivity index (χ1) is 8.08. The Hall–Kier alpha value is -2.37. The molecule has 0 fully saturated rings. The second-order valence-electron chi connectivity index (χ2n) is 3.51. The molecule has 2 rings (SSSR count). The second kappa shape index (κ2) is 4.25. The number of halogens is 1. The van der Waals surface area contributed by atoms with Gasteiger partial charge in [-0.25, -0.2) is 14.0 Å². The maximum atomic E-state index is 12.8. The Balaban J connectivity index is 2.37. The molecular weight excluding hydrogens is 227 g/mol. The van der Waals surface area contributed by atoms with Gasteiger partial charge in [-0.2, -0.15) is 0 Å². The van der Waals surface area contributed by atoms with E-state index in [0.717, 1.165) is 6.20 Å². The molecule has 1 heterocycles. The number of carboxylic acid groups (broad SMARTS) is 1. The van der Waals surface area contributed by atoms with E-state index in [2.05, 4.69) is 10.6 Å². The number of carbonyl (C=O) groups is 2. The number of carbonyl (C=O) groups excluding carboxylic acids is 1. The maximum Gasteiger partial charge on any atom is 0.335 e. The predicted molar refractivity (Wildman–Crippen MR) is 56.5 cm³/mol.